The minimum absolute atomic E-state index is 0.00517. The molecule has 2 unspecified atom stereocenters. The molecule has 5 aromatic rings. The summed E-state index contributed by atoms with van der Waals surface area (Å²) in [5.41, 5.74) is 4.13. The van der Waals surface area contributed by atoms with Crippen LogP contribution >= 0.6 is 11.6 Å². The normalized spacial score (nSPS) is 19.5. The van der Waals surface area contributed by atoms with Crippen LogP contribution in [0.4, 0.5) is 8.78 Å². The summed E-state index contributed by atoms with van der Waals surface area (Å²) in [5, 5.41) is 0.488. The van der Waals surface area contributed by atoms with Crippen molar-refractivity contribution >= 4 is 22.6 Å². The number of fused-ring (bicyclic) bond motifs is 2. The summed E-state index contributed by atoms with van der Waals surface area (Å²) in [6.07, 6.45) is 2.53. The average Bonchev–Trinajstić information content (AvgIpc) is 3.45. The first kappa shape index (κ1) is 25.9. The Kier molecular flexibility index (Phi) is 6.21. The number of halogens is 3. The molecule has 3 aromatic carbocycles. The van der Waals surface area contributed by atoms with Gasteiger partial charge in [0.25, 0.3) is 5.79 Å². The molecule has 1 saturated heterocycles. The summed E-state index contributed by atoms with van der Waals surface area (Å²) in [6.45, 7) is 5.06. The zero-order valence-corrected chi connectivity index (χ0v) is 23.2. The molecule has 0 amide bonds. The summed E-state index contributed by atoms with van der Waals surface area (Å²) in [4.78, 5) is 9.08. The largest absolute Gasteiger partial charge is 0.443 e. The molecule has 7 rings (SSSR count). The molecular weight excluding hydrogens is 548 g/mol. The molecule has 2 aromatic heterocycles. The summed E-state index contributed by atoms with van der Waals surface area (Å²) >= 11 is 5.99. The van der Waals surface area contributed by atoms with Gasteiger partial charge in [0.05, 0.1) is 28.7 Å². The maximum absolute atomic E-state index is 15.7. The van der Waals surface area contributed by atoms with Gasteiger partial charge in [0.1, 0.15) is 23.2 Å². The Labute approximate surface area is 240 Å². The lowest BCUT2D eigenvalue weighted by atomic mass is 10.00. The topological polar surface area (TPSA) is 58.4 Å². The Morgan fingerprint density at radius 1 is 1.05 bits per heavy atom. The van der Waals surface area contributed by atoms with E-state index in [2.05, 4.69) is 4.98 Å². The molecule has 9 heteroatoms. The highest BCUT2D eigenvalue weighted by Crippen LogP contribution is 2.49. The second-order valence-electron chi connectivity index (χ2n) is 10.7. The number of imidazole rings is 1. The van der Waals surface area contributed by atoms with Crippen molar-refractivity contribution in [2.24, 2.45) is 0 Å². The maximum Gasteiger partial charge on any atom is 0.292 e. The summed E-state index contributed by atoms with van der Waals surface area (Å²) in [5.74, 6) is -1.11. The molecule has 0 radical (unpaired) electrons. The third kappa shape index (κ3) is 4.61. The van der Waals surface area contributed by atoms with Crippen LogP contribution in [0.3, 0.4) is 0 Å². The van der Waals surface area contributed by atoms with Crippen LogP contribution in [0.15, 0.2) is 66.9 Å². The molecule has 6 nitrogen and oxygen atoms in total. The standard InChI is InChI=1S/C32H26ClF2N3O3/c1-18-6-8-26-27(12-18)38(17-21-10-11-39-21)30(37-26)15-23-24(34)13-19(14-25(23)35)22-4-3-5-28-31(22)41-32(2,40-28)29-9-7-20(33)16-36-29/h3-9,12-14,16,21H,10-11,15,17H2,1-2H3. The molecule has 0 N–H and O–H groups in total. The fourth-order valence-electron chi connectivity index (χ4n) is 5.44. The van der Waals surface area contributed by atoms with Crippen LogP contribution < -0.4 is 9.47 Å². The van der Waals surface area contributed by atoms with Crippen LogP contribution in [-0.2, 0) is 23.5 Å². The Morgan fingerprint density at radius 3 is 2.56 bits per heavy atom. The Bertz CT molecular complexity index is 1780. The highest BCUT2D eigenvalue weighted by Gasteiger charge is 2.41. The third-order valence-corrected chi connectivity index (χ3v) is 7.95. The number of hydrogen-bond acceptors (Lipinski definition) is 5. The summed E-state index contributed by atoms with van der Waals surface area (Å²) in [6, 6.07) is 17.3. The molecule has 2 atom stereocenters. The van der Waals surface area contributed by atoms with Gasteiger partial charge in [0.2, 0.25) is 0 Å². The van der Waals surface area contributed by atoms with Gasteiger partial charge in [-0.15, -0.1) is 0 Å². The van der Waals surface area contributed by atoms with Gasteiger partial charge in [-0.1, -0.05) is 29.8 Å². The molecule has 41 heavy (non-hydrogen) atoms. The fraction of sp³-hybridized carbons (Fsp3) is 0.250. The first-order valence-electron chi connectivity index (χ1n) is 13.5. The van der Waals surface area contributed by atoms with Gasteiger partial charge in [-0.25, -0.2) is 13.8 Å². The Hall–Kier alpha value is -4.01. The third-order valence-electron chi connectivity index (χ3n) is 7.72. The van der Waals surface area contributed by atoms with E-state index in [0.717, 1.165) is 29.6 Å². The minimum atomic E-state index is -1.22. The maximum atomic E-state index is 15.7. The lowest BCUT2D eigenvalue weighted by Crippen LogP contribution is -2.32. The van der Waals surface area contributed by atoms with E-state index in [4.69, 9.17) is 30.8 Å². The lowest BCUT2D eigenvalue weighted by molar-refractivity contribution is -0.0715. The van der Waals surface area contributed by atoms with Crippen molar-refractivity contribution in [1.29, 1.82) is 0 Å². The number of benzene rings is 3. The van der Waals surface area contributed by atoms with Crippen molar-refractivity contribution in [1.82, 2.24) is 14.5 Å². The van der Waals surface area contributed by atoms with E-state index < -0.39 is 17.4 Å². The van der Waals surface area contributed by atoms with E-state index in [1.165, 1.54) is 18.3 Å². The number of pyridine rings is 1. The monoisotopic (exact) mass is 573 g/mol. The summed E-state index contributed by atoms with van der Waals surface area (Å²) in [7, 11) is 0. The molecular formula is C32H26ClF2N3O3. The van der Waals surface area contributed by atoms with Crippen molar-refractivity contribution in [2.45, 2.75) is 45.1 Å². The van der Waals surface area contributed by atoms with Crippen LogP contribution in [0.2, 0.25) is 5.02 Å². The van der Waals surface area contributed by atoms with E-state index in [-0.39, 0.29) is 18.1 Å². The molecule has 1 fully saturated rings. The summed E-state index contributed by atoms with van der Waals surface area (Å²) < 4.78 is 51.4. The predicted molar refractivity (Wildman–Crippen MR) is 151 cm³/mol. The Balaban J connectivity index is 1.23. The van der Waals surface area contributed by atoms with Crippen molar-refractivity contribution in [2.75, 3.05) is 6.61 Å². The molecule has 4 heterocycles. The van der Waals surface area contributed by atoms with E-state index in [9.17, 15) is 0 Å². The van der Waals surface area contributed by atoms with Gasteiger partial charge in [0, 0.05) is 37.3 Å². The van der Waals surface area contributed by atoms with Gasteiger partial charge in [0.15, 0.2) is 11.5 Å². The van der Waals surface area contributed by atoms with Crippen molar-refractivity contribution in [3.8, 4) is 22.6 Å². The first-order chi connectivity index (χ1) is 19.8. The Morgan fingerprint density at radius 2 is 1.85 bits per heavy atom. The van der Waals surface area contributed by atoms with Crippen LogP contribution in [0, 0.1) is 18.6 Å². The van der Waals surface area contributed by atoms with Gasteiger partial charge in [-0.05, 0) is 66.9 Å². The van der Waals surface area contributed by atoms with Crippen LogP contribution in [-0.4, -0.2) is 27.2 Å². The van der Waals surface area contributed by atoms with E-state index in [1.807, 2.05) is 29.7 Å². The molecule has 0 aliphatic carbocycles. The number of aryl methyl sites for hydroxylation is 1. The molecule has 2 aliphatic heterocycles. The van der Waals surface area contributed by atoms with E-state index >= 15 is 8.78 Å². The molecule has 0 spiro atoms. The lowest BCUT2D eigenvalue weighted by Gasteiger charge is -2.27. The zero-order valence-electron chi connectivity index (χ0n) is 22.5. The number of aromatic nitrogens is 3. The SMILES string of the molecule is Cc1ccc2nc(Cc3c(F)cc(-c4cccc5c4OC(C)(c4ccc(Cl)cn4)O5)cc3F)n(CC3CCO3)c2c1. The quantitative estimate of drug-likeness (QED) is 0.212. The number of hydrogen-bond donors (Lipinski definition) is 0. The average molecular weight is 574 g/mol. The van der Waals surface area contributed by atoms with E-state index in [0.29, 0.717) is 45.7 Å². The smallest absolute Gasteiger partial charge is 0.292 e. The molecule has 2 aliphatic rings. The minimum Gasteiger partial charge on any atom is -0.443 e. The highest BCUT2D eigenvalue weighted by molar-refractivity contribution is 6.30. The van der Waals surface area contributed by atoms with Crippen molar-refractivity contribution < 1.29 is 23.0 Å². The van der Waals surface area contributed by atoms with Crippen LogP contribution in [0.25, 0.3) is 22.2 Å². The molecule has 208 valence electrons. The second kappa shape index (κ2) is 9.82. The number of ether oxygens (including phenoxy) is 3. The van der Waals surface area contributed by atoms with Crippen LogP contribution in [0.1, 0.15) is 36.0 Å². The number of rotatable bonds is 6. The van der Waals surface area contributed by atoms with Gasteiger partial charge < -0.3 is 18.8 Å². The fourth-order valence-corrected chi connectivity index (χ4v) is 5.55. The number of nitrogens with zero attached hydrogens (tertiary/aromatic N) is 3. The van der Waals surface area contributed by atoms with Crippen LogP contribution in [0.5, 0.6) is 11.5 Å². The van der Waals surface area contributed by atoms with E-state index in [1.54, 1.807) is 37.3 Å². The highest BCUT2D eigenvalue weighted by atomic mass is 35.5. The van der Waals surface area contributed by atoms with Gasteiger partial charge >= 0.3 is 0 Å². The van der Waals surface area contributed by atoms with Crippen molar-refractivity contribution in [3.05, 3.63) is 106 Å². The second-order valence-corrected chi connectivity index (χ2v) is 11.1. The van der Waals surface area contributed by atoms with Gasteiger partial charge in [-0.3, -0.25) is 4.98 Å². The van der Waals surface area contributed by atoms with Crippen molar-refractivity contribution in [3.63, 3.8) is 0 Å². The van der Waals surface area contributed by atoms with Gasteiger partial charge in [-0.2, -0.15) is 0 Å². The first-order valence-corrected chi connectivity index (χ1v) is 13.8. The number of para-hydroxylation sites is 1. The predicted octanol–water partition coefficient (Wildman–Crippen LogP) is 7.36. The molecule has 0 saturated carbocycles. The molecule has 0 bridgehead atoms. The zero-order chi connectivity index (χ0) is 28.3.